The minimum atomic E-state index is 0.0137. The Balaban J connectivity index is 2.61. The molecule has 2 aromatic carbocycles. The zero-order valence-electron chi connectivity index (χ0n) is 22.2. The van der Waals surface area contributed by atoms with Gasteiger partial charge in [0, 0.05) is 11.4 Å². The molecule has 0 bridgehead atoms. The largest absolute Gasteiger partial charge is 0.352 e. The quantitative estimate of drug-likeness (QED) is 0.346. The first-order chi connectivity index (χ1) is 15.1. The number of hydrogen-bond donors (Lipinski definition) is 2. The van der Waals surface area contributed by atoms with Gasteiger partial charge >= 0.3 is 0 Å². The van der Waals surface area contributed by atoms with E-state index in [1.54, 1.807) is 0 Å². The number of nitrogens with zero attached hydrogens (tertiary/aromatic N) is 1. The molecule has 0 radical (unpaired) electrons. The molecular weight excluding hydrogens is 390 g/mol. The van der Waals surface area contributed by atoms with Gasteiger partial charge in [0.15, 0.2) is 6.29 Å². The van der Waals surface area contributed by atoms with Crippen molar-refractivity contribution in [2.75, 3.05) is 23.7 Å². The van der Waals surface area contributed by atoms with Crippen LogP contribution >= 0.6 is 0 Å². The summed E-state index contributed by atoms with van der Waals surface area (Å²) in [5, 5.41) is 7.95. The van der Waals surface area contributed by atoms with Gasteiger partial charge in [-0.3, -0.25) is 4.90 Å². The Kier molecular flexibility index (Phi) is 9.64. The maximum Gasteiger partial charge on any atom is 0.155 e. The maximum atomic E-state index is 3.98. The van der Waals surface area contributed by atoms with E-state index < -0.39 is 0 Å². The Hall–Kier alpha value is -2.00. The molecule has 0 aliphatic heterocycles. The number of anilines is 2. The smallest absolute Gasteiger partial charge is 0.155 e. The standard InChI is InChI=1S/C29H47N3/c1-11-32(12-2)29(30-27-23(19(3)4)15-13-16-24(27)20(5)6)31-28-25(21(7)8)17-14-18-26(28)22(9)10/h13-22,29-31H,11-12H2,1-10H3. The van der Waals surface area contributed by atoms with Crippen LogP contribution in [0.25, 0.3) is 0 Å². The molecule has 3 nitrogen and oxygen atoms in total. The van der Waals surface area contributed by atoms with E-state index in [4.69, 9.17) is 0 Å². The molecule has 0 heterocycles. The van der Waals surface area contributed by atoms with Gasteiger partial charge in [0.05, 0.1) is 0 Å². The van der Waals surface area contributed by atoms with Crippen molar-refractivity contribution < 1.29 is 0 Å². The second kappa shape index (κ2) is 11.7. The first-order valence-electron chi connectivity index (χ1n) is 12.6. The van der Waals surface area contributed by atoms with E-state index in [1.807, 2.05) is 0 Å². The summed E-state index contributed by atoms with van der Waals surface area (Å²) in [4.78, 5) is 2.47. The summed E-state index contributed by atoms with van der Waals surface area (Å²) < 4.78 is 0. The minimum Gasteiger partial charge on any atom is -0.352 e. The van der Waals surface area contributed by atoms with E-state index in [-0.39, 0.29) is 6.29 Å². The van der Waals surface area contributed by atoms with Crippen LogP contribution < -0.4 is 10.6 Å². The lowest BCUT2D eigenvalue weighted by Crippen LogP contribution is -2.47. The maximum absolute atomic E-state index is 3.98. The van der Waals surface area contributed by atoms with E-state index in [9.17, 15) is 0 Å². The zero-order valence-corrected chi connectivity index (χ0v) is 22.2. The van der Waals surface area contributed by atoms with Crippen molar-refractivity contribution in [2.45, 2.75) is 99.2 Å². The topological polar surface area (TPSA) is 27.3 Å². The van der Waals surface area contributed by atoms with E-state index in [1.165, 1.54) is 33.6 Å². The van der Waals surface area contributed by atoms with Crippen molar-refractivity contribution in [2.24, 2.45) is 0 Å². The highest BCUT2D eigenvalue weighted by atomic mass is 15.4. The highest BCUT2D eigenvalue weighted by Crippen LogP contribution is 2.36. The van der Waals surface area contributed by atoms with Gasteiger partial charge in [-0.1, -0.05) is 106 Å². The van der Waals surface area contributed by atoms with E-state index in [0.717, 1.165) is 13.1 Å². The molecule has 0 amide bonds. The molecule has 2 rings (SSSR count). The van der Waals surface area contributed by atoms with Crippen LogP contribution in [0.2, 0.25) is 0 Å². The molecule has 2 N–H and O–H groups in total. The zero-order chi connectivity index (χ0) is 24.0. The average molecular weight is 438 g/mol. The molecule has 0 saturated carbocycles. The van der Waals surface area contributed by atoms with Crippen molar-refractivity contribution in [3.63, 3.8) is 0 Å². The van der Waals surface area contributed by atoms with Crippen molar-refractivity contribution in [3.8, 4) is 0 Å². The van der Waals surface area contributed by atoms with Crippen molar-refractivity contribution in [1.82, 2.24) is 4.90 Å². The third-order valence-electron chi connectivity index (χ3n) is 6.49. The number of para-hydroxylation sites is 2. The third-order valence-corrected chi connectivity index (χ3v) is 6.49. The van der Waals surface area contributed by atoms with Crippen LogP contribution in [0.1, 0.15) is 115 Å². The highest BCUT2D eigenvalue weighted by molar-refractivity contribution is 5.64. The van der Waals surface area contributed by atoms with Gasteiger partial charge < -0.3 is 10.6 Å². The molecule has 0 unspecified atom stereocenters. The normalized spacial score (nSPS) is 12.1. The molecule has 0 fully saturated rings. The summed E-state index contributed by atoms with van der Waals surface area (Å²) in [6, 6.07) is 13.5. The number of rotatable bonds is 11. The Morgan fingerprint density at radius 3 is 1.06 bits per heavy atom. The van der Waals surface area contributed by atoms with Crippen molar-refractivity contribution >= 4 is 11.4 Å². The SMILES string of the molecule is CCN(CC)C(Nc1c(C(C)C)cccc1C(C)C)Nc1c(C(C)C)cccc1C(C)C. The summed E-state index contributed by atoms with van der Waals surface area (Å²) in [6.07, 6.45) is 0.0137. The lowest BCUT2D eigenvalue weighted by atomic mass is 9.92. The molecule has 3 heteroatoms. The molecule has 2 aromatic rings. The van der Waals surface area contributed by atoms with Crippen LogP contribution in [0.4, 0.5) is 11.4 Å². The van der Waals surface area contributed by atoms with E-state index in [2.05, 4.69) is 121 Å². The van der Waals surface area contributed by atoms with Gasteiger partial charge in [-0.25, -0.2) is 0 Å². The van der Waals surface area contributed by atoms with Crippen molar-refractivity contribution in [3.05, 3.63) is 58.7 Å². The Morgan fingerprint density at radius 1 is 0.562 bits per heavy atom. The fraction of sp³-hybridized carbons (Fsp3) is 0.586. The predicted molar refractivity (Wildman–Crippen MR) is 143 cm³/mol. The molecular formula is C29H47N3. The minimum absolute atomic E-state index is 0.0137. The lowest BCUT2D eigenvalue weighted by Gasteiger charge is -2.36. The van der Waals surface area contributed by atoms with Crippen LogP contribution in [0.3, 0.4) is 0 Å². The van der Waals surface area contributed by atoms with Gasteiger partial charge in [0.2, 0.25) is 0 Å². The summed E-state index contributed by atoms with van der Waals surface area (Å²) >= 11 is 0. The number of hydrogen-bond acceptors (Lipinski definition) is 3. The Labute approximate surface area is 198 Å². The van der Waals surface area contributed by atoms with E-state index in [0.29, 0.717) is 23.7 Å². The second-order valence-corrected chi connectivity index (χ2v) is 10.2. The van der Waals surface area contributed by atoms with Gasteiger partial charge in [-0.15, -0.1) is 0 Å². The van der Waals surface area contributed by atoms with Crippen LogP contribution in [-0.4, -0.2) is 24.3 Å². The Morgan fingerprint density at radius 2 is 0.844 bits per heavy atom. The van der Waals surface area contributed by atoms with Crippen LogP contribution in [0.15, 0.2) is 36.4 Å². The summed E-state index contributed by atoms with van der Waals surface area (Å²) in [7, 11) is 0. The molecule has 0 saturated heterocycles. The van der Waals surface area contributed by atoms with Gasteiger partial charge in [-0.05, 0) is 59.0 Å². The van der Waals surface area contributed by atoms with Crippen LogP contribution in [0, 0.1) is 0 Å². The third kappa shape index (κ3) is 6.07. The molecule has 0 spiro atoms. The molecule has 0 aromatic heterocycles. The second-order valence-electron chi connectivity index (χ2n) is 10.2. The van der Waals surface area contributed by atoms with Gasteiger partial charge in [-0.2, -0.15) is 0 Å². The highest BCUT2D eigenvalue weighted by Gasteiger charge is 2.23. The van der Waals surface area contributed by atoms with Gasteiger partial charge in [0.1, 0.15) is 0 Å². The molecule has 0 aliphatic carbocycles. The van der Waals surface area contributed by atoms with Crippen molar-refractivity contribution in [1.29, 1.82) is 0 Å². The van der Waals surface area contributed by atoms with Crippen LogP contribution in [-0.2, 0) is 0 Å². The summed E-state index contributed by atoms with van der Waals surface area (Å²) in [6.45, 7) is 24.7. The number of nitrogens with one attached hydrogen (secondary N) is 2. The van der Waals surface area contributed by atoms with Crippen LogP contribution in [0.5, 0.6) is 0 Å². The molecule has 178 valence electrons. The molecule has 0 aliphatic rings. The summed E-state index contributed by atoms with van der Waals surface area (Å²) in [5.41, 5.74) is 8.12. The lowest BCUT2D eigenvalue weighted by molar-refractivity contribution is 0.259. The monoisotopic (exact) mass is 437 g/mol. The first kappa shape index (κ1) is 26.3. The molecule has 32 heavy (non-hydrogen) atoms. The summed E-state index contributed by atoms with van der Waals surface area (Å²) in [5.74, 6) is 1.84. The Bertz CT molecular complexity index is 729. The fourth-order valence-corrected chi connectivity index (χ4v) is 4.52. The average Bonchev–Trinajstić information content (AvgIpc) is 2.74. The predicted octanol–water partition coefficient (Wildman–Crippen LogP) is 8.33. The first-order valence-corrected chi connectivity index (χ1v) is 12.6. The van der Waals surface area contributed by atoms with E-state index >= 15 is 0 Å². The van der Waals surface area contributed by atoms with Gasteiger partial charge in [0.25, 0.3) is 0 Å². The fourth-order valence-electron chi connectivity index (χ4n) is 4.52. The molecule has 0 atom stereocenters. The number of benzene rings is 2.